The van der Waals surface area contributed by atoms with E-state index in [0.29, 0.717) is 0 Å². The summed E-state index contributed by atoms with van der Waals surface area (Å²) >= 11 is 0. The Labute approximate surface area is 88.8 Å². The average Bonchev–Trinajstić information content (AvgIpc) is 2.19. The summed E-state index contributed by atoms with van der Waals surface area (Å²) in [6.45, 7) is 2.68. The Morgan fingerprint density at radius 2 is 2.00 bits per heavy atom. The summed E-state index contributed by atoms with van der Waals surface area (Å²) in [6.07, 6.45) is 0. The van der Waals surface area contributed by atoms with Crippen molar-refractivity contribution < 1.29 is 17.8 Å². The Bertz CT molecular complexity index is 418. The lowest BCUT2D eigenvalue weighted by Gasteiger charge is -2.08. The number of hydrogen-bond donors (Lipinski definition) is 0. The third-order valence-corrected chi connectivity index (χ3v) is 3.72. The van der Waals surface area contributed by atoms with Crippen molar-refractivity contribution in [3.63, 3.8) is 0 Å². The number of hydrogen-bond acceptors (Lipinski definition) is 2. The summed E-state index contributed by atoms with van der Waals surface area (Å²) in [6, 6.07) is 2.69. The fraction of sp³-hybridized carbons (Fsp3) is 0.300. The van der Waals surface area contributed by atoms with Crippen molar-refractivity contribution in [3.05, 3.63) is 29.8 Å². The maximum Gasteiger partial charge on any atom is 0.145 e. The van der Waals surface area contributed by atoms with E-state index in [1.807, 2.05) is 0 Å². The summed E-state index contributed by atoms with van der Waals surface area (Å²) < 4.78 is 37.6. The topological polar surface area (TPSA) is 34.1 Å². The molecule has 2 nitrogen and oxygen atoms in total. The number of rotatable bonds is 3. The van der Waals surface area contributed by atoms with E-state index in [1.54, 1.807) is 0 Å². The van der Waals surface area contributed by atoms with Crippen molar-refractivity contribution in [1.82, 2.24) is 0 Å². The van der Waals surface area contributed by atoms with Crippen LogP contribution in [0.15, 0.2) is 23.1 Å². The molecular formula is C10H10F2O2S. The molecule has 0 aliphatic heterocycles. The predicted octanol–water partition coefficient (Wildman–Crippen LogP) is 2.05. The lowest BCUT2D eigenvalue weighted by Crippen LogP contribution is -2.20. The van der Waals surface area contributed by atoms with Gasteiger partial charge >= 0.3 is 0 Å². The fourth-order valence-electron chi connectivity index (χ4n) is 0.973. The predicted molar refractivity (Wildman–Crippen MR) is 52.9 cm³/mol. The maximum absolute atomic E-state index is 13.2. The zero-order valence-corrected chi connectivity index (χ0v) is 9.11. The van der Waals surface area contributed by atoms with Gasteiger partial charge in [0.15, 0.2) is 0 Å². The first-order valence-corrected chi connectivity index (χ1v) is 5.51. The highest BCUT2D eigenvalue weighted by Gasteiger charge is 2.21. The quantitative estimate of drug-likeness (QED) is 0.799. The second kappa shape index (κ2) is 4.61. The Balaban J connectivity index is 3.11. The van der Waals surface area contributed by atoms with E-state index in [1.165, 1.54) is 13.8 Å². The van der Waals surface area contributed by atoms with E-state index < -0.39 is 27.7 Å². The third kappa shape index (κ3) is 2.68. The zero-order chi connectivity index (χ0) is 11.6. The molecule has 0 aliphatic rings. The van der Waals surface area contributed by atoms with Crippen molar-refractivity contribution in [3.8, 4) is 0 Å². The molecule has 1 rings (SSSR count). The van der Waals surface area contributed by atoms with Crippen molar-refractivity contribution >= 4 is 16.6 Å². The molecule has 0 spiro atoms. The summed E-state index contributed by atoms with van der Waals surface area (Å²) in [5.41, 5.74) is 0. The lowest BCUT2D eigenvalue weighted by molar-refractivity contribution is -0.116. The molecular weight excluding hydrogens is 222 g/mol. The van der Waals surface area contributed by atoms with Gasteiger partial charge in [0.25, 0.3) is 0 Å². The second-order valence-electron chi connectivity index (χ2n) is 3.13. The Hall–Kier alpha value is -1.10. The van der Waals surface area contributed by atoms with Crippen LogP contribution >= 0.6 is 0 Å². The molecule has 5 heteroatoms. The molecule has 0 N–H and O–H groups in total. The van der Waals surface area contributed by atoms with Crippen LogP contribution < -0.4 is 0 Å². The van der Waals surface area contributed by atoms with Crippen molar-refractivity contribution in [2.75, 3.05) is 0 Å². The third-order valence-electron chi connectivity index (χ3n) is 2.00. The summed E-state index contributed by atoms with van der Waals surface area (Å²) in [5, 5.41) is -0.832. The first-order valence-electron chi connectivity index (χ1n) is 4.29. The molecule has 0 amide bonds. The molecule has 0 saturated heterocycles. The fourth-order valence-corrected chi connectivity index (χ4v) is 2.14. The monoisotopic (exact) mass is 232 g/mol. The summed E-state index contributed by atoms with van der Waals surface area (Å²) in [4.78, 5) is 10.7. The van der Waals surface area contributed by atoms with Crippen LogP contribution in [0.5, 0.6) is 0 Å². The van der Waals surface area contributed by atoms with Gasteiger partial charge in [-0.2, -0.15) is 0 Å². The van der Waals surface area contributed by atoms with E-state index in [4.69, 9.17) is 0 Å². The van der Waals surface area contributed by atoms with Crippen molar-refractivity contribution in [2.45, 2.75) is 24.0 Å². The van der Waals surface area contributed by atoms with E-state index in [-0.39, 0.29) is 10.7 Å². The van der Waals surface area contributed by atoms with Gasteiger partial charge in [0, 0.05) is 0 Å². The normalized spacial score (nSPS) is 14.7. The zero-order valence-electron chi connectivity index (χ0n) is 8.29. The molecule has 0 fully saturated rings. The number of halogens is 2. The van der Waals surface area contributed by atoms with E-state index in [9.17, 15) is 17.8 Å². The molecule has 2 unspecified atom stereocenters. The van der Waals surface area contributed by atoms with Gasteiger partial charge in [0.05, 0.1) is 20.9 Å². The number of Topliss-reactive ketones (excluding diaryl/α,β-unsaturated/α-hetero) is 1. The molecule has 15 heavy (non-hydrogen) atoms. The molecule has 0 aromatic heterocycles. The Morgan fingerprint density at radius 1 is 1.40 bits per heavy atom. The minimum Gasteiger partial charge on any atom is -0.299 e. The van der Waals surface area contributed by atoms with Crippen LogP contribution in [0.2, 0.25) is 0 Å². The Morgan fingerprint density at radius 3 is 2.53 bits per heavy atom. The summed E-state index contributed by atoms with van der Waals surface area (Å²) in [7, 11) is -1.84. The van der Waals surface area contributed by atoms with Crippen molar-refractivity contribution in [2.24, 2.45) is 0 Å². The Kier molecular flexibility index (Phi) is 3.68. The van der Waals surface area contributed by atoms with E-state index in [2.05, 4.69) is 0 Å². The SMILES string of the molecule is CC(=O)C(C)S(=O)c1cc(F)ccc1F. The van der Waals surface area contributed by atoms with E-state index >= 15 is 0 Å². The molecule has 0 aliphatic carbocycles. The van der Waals surface area contributed by atoms with Crippen LogP contribution in [0.3, 0.4) is 0 Å². The van der Waals surface area contributed by atoms with Gasteiger partial charge in [-0.15, -0.1) is 0 Å². The van der Waals surface area contributed by atoms with Gasteiger partial charge in [0.1, 0.15) is 17.4 Å². The van der Waals surface area contributed by atoms with Gasteiger partial charge in [-0.05, 0) is 32.0 Å². The van der Waals surface area contributed by atoms with Crippen molar-refractivity contribution in [1.29, 1.82) is 0 Å². The first kappa shape index (κ1) is 12.0. The van der Waals surface area contributed by atoms with E-state index in [0.717, 1.165) is 18.2 Å². The van der Waals surface area contributed by atoms with Gasteiger partial charge in [-0.25, -0.2) is 8.78 Å². The first-order chi connectivity index (χ1) is 6.93. The molecule has 2 atom stereocenters. The van der Waals surface area contributed by atoms with Gasteiger partial charge in [-0.3, -0.25) is 9.00 Å². The molecule has 0 radical (unpaired) electrons. The maximum atomic E-state index is 13.2. The average molecular weight is 232 g/mol. The largest absolute Gasteiger partial charge is 0.299 e. The smallest absolute Gasteiger partial charge is 0.145 e. The number of carbonyl (C=O) groups is 1. The highest BCUT2D eigenvalue weighted by molar-refractivity contribution is 7.86. The van der Waals surface area contributed by atoms with Gasteiger partial charge in [0.2, 0.25) is 0 Å². The van der Waals surface area contributed by atoms with Gasteiger partial charge in [-0.1, -0.05) is 0 Å². The second-order valence-corrected chi connectivity index (χ2v) is 4.87. The lowest BCUT2D eigenvalue weighted by atomic mass is 10.3. The van der Waals surface area contributed by atoms with Crippen LogP contribution in [0.25, 0.3) is 0 Å². The minimum atomic E-state index is -1.84. The number of carbonyl (C=O) groups excluding carboxylic acids is 1. The number of ketones is 1. The van der Waals surface area contributed by atoms with Crippen LogP contribution in [-0.4, -0.2) is 15.2 Å². The standard InChI is InChI=1S/C10H10F2O2S/c1-6(13)7(2)15(14)10-5-8(11)3-4-9(10)12/h3-5,7H,1-2H3. The molecule has 1 aromatic rings. The number of benzene rings is 1. The van der Waals surface area contributed by atoms with Crippen LogP contribution in [-0.2, 0) is 15.6 Å². The summed E-state index contributed by atoms with van der Waals surface area (Å²) in [5.74, 6) is -1.75. The minimum absolute atomic E-state index is 0.266. The van der Waals surface area contributed by atoms with Crippen LogP contribution in [0.4, 0.5) is 8.78 Å². The van der Waals surface area contributed by atoms with Gasteiger partial charge < -0.3 is 0 Å². The molecule has 0 saturated carbocycles. The molecule has 0 bridgehead atoms. The molecule has 1 aromatic carbocycles. The molecule has 82 valence electrons. The molecule has 0 heterocycles. The van der Waals surface area contributed by atoms with Crippen LogP contribution in [0.1, 0.15) is 13.8 Å². The van der Waals surface area contributed by atoms with Crippen LogP contribution in [0, 0.1) is 11.6 Å². The highest BCUT2D eigenvalue weighted by atomic mass is 32.2. The highest BCUT2D eigenvalue weighted by Crippen LogP contribution is 2.17.